The van der Waals surface area contributed by atoms with Crippen LogP contribution in [0.1, 0.15) is 45.2 Å². The van der Waals surface area contributed by atoms with Crippen LogP contribution in [0.2, 0.25) is 5.02 Å². The molecule has 0 bridgehead atoms. The predicted molar refractivity (Wildman–Crippen MR) is 156 cm³/mol. The van der Waals surface area contributed by atoms with Crippen LogP contribution in [0.25, 0.3) is 0 Å². The third-order valence-corrected chi connectivity index (χ3v) is 8.33. The van der Waals surface area contributed by atoms with Gasteiger partial charge in [0.15, 0.2) is 0 Å². The van der Waals surface area contributed by atoms with E-state index >= 15 is 4.39 Å². The number of carbonyl (C=O) groups is 2. The van der Waals surface area contributed by atoms with Crippen molar-refractivity contribution in [1.82, 2.24) is 10.2 Å². The third kappa shape index (κ3) is 7.61. The Bertz CT molecular complexity index is 1460. The Hall–Kier alpha value is -3.43. The molecular weight excluding hydrogens is 553 g/mol. The fraction of sp³-hybridized carbons (Fsp3) is 0.333. The molecule has 1 unspecified atom stereocenters. The van der Waals surface area contributed by atoms with E-state index in [9.17, 15) is 18.0 Å². The minimum absolute atomic E-state index is 0.0513. The summed E-state index contributed by atoms with van der Waals surface area (Å²) in [6, 6.07) is 17.4. The molecule has 0 fully saturated rings. The first-order valence-electron chi connectivity index (χ1n) is 12.9. The summed E-state index contributed by atoms with van der Waals surface area (Å²) in [5.74, 6) is -1.88. The molecule has 2 amide bonds. The molecule has 3 rings (SSSR count). The number of nitrogens with zero attached hydrogens (tertiary/aromatic N) is 2. The van der Waals surface area contributed by atoms with E-state index in [4.69, 9.17) is 11.6 Å². The Labute approximate surface area is 241 Å². The highest BCUT2D eigenvalue weighted by molar-refractivity contribution is 7.92. The average Bonchev–Trinajstić information content (AvgIpc) is 2.88. The topological polar surface area (TPSA) is 86.8 Å². The number of hydrogen-bond donors (Lipinski definition) is 1. The minimum atomic E-state index is -4.37. The van der Waals surface area contributed by atoms with E-state index in [0.717, 1.165) is 15.9 Å². The molecule has 7 nitrogen and oxygen atoms in total. The summed E-state index contributed by atoms with van der Waals surface area (Å²) in [4.78, 5) is 28.6. The molecule has 1 N–H and O–H groups in total. The largest absolute Gasteiger partial charge is 0.350 e. The Morgan fingerprint density at radius 3 is 2.15 bits per heavy atom. The average molecular weight is 588 g/mol. The van der Waals surface area contributed by atoms with Gasteiger partial charge in [-0.25, -0.2) is 12.8 Å². The van der Waals surface area contributed by atoms with Crippen LogP contribution < -0.4 is 9.62 Å². The zero-order valence-corrected chi connectivity index (χ0v) is 24.9. The van der Waals surface area contributed by atoms with Gasteiger partial charge in [-0.05, 0) is 70.0 Å². The number of sulfonamides is 1. The number of aryl methyl sites for hydroxylation is 1. The van der Waals surface area contributed by atoms with Gasteiger partial charge in [-0.15, -0.1) is 0 Å². The van der Waals surface area contributed by atoms with Crippen molar-refractivity contribution < 1.29 is 22.4 Å². The number of halogens is 2. The number of benzene rings is 3. The van der Waals surface area contributed by atoms with Crippen molar-refractivity contribution in [2.45, 2.75) is 64.1 Å². The molecule has 10 heteroatoms. The molecule has 0 saturated heterocycles. The first kappa shape index (κ1) is 31.1. The second kappa shape index (κ2) is 12.8. The van der Waals surface area contributed by atoms with E-state index in [1.54, 1.807) is 43.3 Å². The first-order chi connectivity index (χ1) is 18.7. The Balaban J connectivity index is 2.10. The van der Waals surface area contributed by atoms with E-state index < -0.39 is 45.8 Å². The molecule has 0 heterocycles. The molecule has 214 valence electrons. The van der Waals surface area contributed by atoms with Gasteiger partial charge in [-0.1, -0.05) is 66.6 Å². The molecule has 0 aliphatic rings. The lowest BCUT2D eigenvalue weighted by Crippen LogP contribution is -2.55. The van der Waals surface area contributed by atoms with Crippen molar-refractivity contribution in [2.75, 3.05) is 10.8 Å². The molecule has 0 aromatic heterocycles. The number of anilines is 1. The summed E-state index contributed by atoms with van der Waals surface area (Å²) in [5.41, 5.74) is 0.575. The van der Waals surface area contributed by atoms with E-state index in [-0.39, 0.29) is 23.5 Å². The van der Waals surface area contributed by atoms with Crippen molar-refractivity contribution in [3.63, 3.8) is 0 Å². The van der Waals surface area contributed by atoms with Gasteiger partial charge in [-0.2, -0.15) is 0 Å². The lowest BCUT2D eigenvalue weighted by atomic mass is 10.1. The number of rotatable bonds is 10. The molecular formula is C30H35ClFN3O4S. The Kier molecular flexibility index (Phi) is 9.97. The second-order valence-corrected chi connectivity index (χ2v) is 12.8. The van der Waals surface area contributed by atoms with Crippen LogP contribution in [0, 0.1) is 12.7 Å². The van der Waals surface area contributed by atoms with Crippen LogP contribution in [-0.4, -0.2) is 43.3 Å². The van der Waals surface area contributed by atoms with Crippen molar-refractivity contribution in [3.8, 4) is 0 Å². The molecule has 0 spiro atoms. The molecule has 0 aliphatic carbocycles. The maximum Gasteiger partial charge on any atom is 0.264 e. The Morgan fingerprint density at radius 1 is 0.975 bits per heavy atom. The summed E-state index contributed by atoms with van der Waals surface area (Å²) in [5, 5.41) is 3.30. The highest BCUT2D eigenvalue weighted by Crippen LogP contribution is 2.28. The smallest absolute Gasteiger partial charge is 0.264 e. The molecule has 0 saturated carbocycles. The summed E-state index contributed by atoms with van der Waals surface area (Å²) >= 11 is 6.40. The first-order valence-corrected chi connectivity index (χ1v) is 14.7. The second-order valence-electron chi connectivity index (χ2n) is 10.6. The van der Waals surface area contributed by atoms with Gasteiger partial charge in [0.25, 0.3) is 10.0 Å². The van der Waals surface area contributed by atoms with E-state index in [1.807, 2.05) is 27.7 Å². The zero-order valence-electron chi connectivity index (χ0n) is 23.3. The monoisotopic (exact) mass is 587 g/mol. The molecule has 0 aliphatic heterocycles. The molecule has 1 atom stereocenters. The maximum absolute atomic E-state index is 15.0. The van der Waals surface area contributed by atoms with Gasteiger partial charge in [0.05, 0.1) is 10.6 Å². The van der Waals surface area contributed by atoms with Crippen LogP contribution in [0.4, 0.5) is 10.1 Å². The van der Waals surface area contributed by atoms with Crippen LogP contribution in [-0.2, 0) is 26.2 Å². The highest BCUT2D eigenvalue weighted by Gasteiger charge is 2.35. The Morgan fingerprint density at radius 2 is 1.57 bits per heavy atom. The quantitative estimate of drug-likeness (QED) is 0.329. The number of carbonyl (C=O) groups excluding carboxylic acids is 2. The van der Waals surface area contributed by atoms with Crippen molar-refractivity contribution in [1.29, 1.82) is 0 Å². The van der Waals surface area contributed by atoms with E-state index in [2.05, 4.69) is 5.32 Å². The van der Waals surface area contributed by atoms with Gasteiger partial charge < -0.3 is 10.2 Å². The van der Waals surface area contributed by atoms with Gasteiger partial charge in [0, 0.05) is 17.1 Å². The summed E-state index contributed by atoms with van der Waals surface area (Å²) in [6.45, 7) is 8.26. The van der Waals surface area contributed by atoms with Gasteiger partial charge >= 0.3 is 0 Å². The predicted octanol–water partition coefficient (Wildman–Crippen LogP) is 5.70. The molecule has 40 heavy (non-hydrogen) atoms. The molecule has 3 aromatic carbocycles. The lowest BCUT2D eigenvalue weighted by molar-refractivity contribution is -0.141. The normalized spacial score (nSPS) is 12.5. The molecule has 0 radical (unpaired) electrons. The van der Waals surface area contributed by atoms with E-state index in [0.29, 0.717) is 10.6 Å². The fourth-order valence-corrected chi connectivity index (χ4v) is 5.80. The van der Waals surface area contributed by atoms with Crippen molar-refractivity contribution >= 4 is 39.1 Å². The summed E-state index contributed by atoms with van der Waals surface area (Å²) in [6.07, 6.45) is 0.252. The van der Waals surface area contributed by atoms with Gasteiger partial charge in [0.1, 0.15) is 18.4 Å². The van der Waals surface area contributed by atoms with Crippen LogP contribution in [0.15, 0.2) is 77.7 Å². The summed E-state index contributed by atoms with van der Waals surface area (Å²) < 4.78 is 43.4. The highest BCUT2D eigenvalue weighted by atomic mass is 35.5. The standard InChI is InChI=1S/C30H35ClFN3O4S/c1-6-26(29(37)33-30(3,4)5)34(19-22-11-7-8-12-24(22)31)28(36)20-35(27-14-10-9-13-25(27)32)40(38,39)23-17-15-21(2)16-18-23/h7-18,26H,6,19-20H2,1-5H3,(H,33,37). The number of para-hydroxylation sites is 1. The number of hydrogen-bond acceptors (Lipinski definition) is 4. The van der Waals surface area contributed by atoms with Gasteiger partial charge in [0.2, 0.25) is 11.8 Å². The SMILES string of the molecule is CCC(C(=O)NC(C)(C)C)N(Cc1ccccc1Cl)C(=O)CN(c1ccccc1F)S(=O)(=O)c1ccc(C)cc1. The fourth-order valence-electron chi connectivity index (χ4n) is 4.19. The lowest BCUT2D eigenvalue weighted by Gasteiger charge is -2.35. The van der Waals surface area contributed by atoms with Crippen molar-refractivity contribution in [2.24, 2.45) is 0 Å². The molecule has 3 aromatic rings. The minimum Gasteiger partial charge on any atom is -0.350 e. The summed E-state index contributed by atoms with van der Waals surface area (Å²) in [7, 11) is -4.37. The zero-order chi connectivity index (χ0) is 29.7. The number of nitrogens with one attached hydrogen (secondary N) is 1. The van der Waals surface area contributed by atoms with Crippen LogP contribution >= 0.6 is 11.6 Å². The third-order valence-electron chi connectivity index (χ3n) is 6.19. The van der Waals surface area contributed by atoms with Crippen LogP contribution in [0.3, 0.4) is 0 Å². The maximum atomic E-state index is 15.0. The van der Waals surface area contributed by atoms with Gasteiger partial charge in [-0.3, -0.25) is 13.9 Å². The van der Waals surface area contributed by atoms with Crippen LogP contribution in [0.5, 0.6) is 0 Å². The van der Waals surface area contributed by atoms with E-state index in [1.165, 1.54) is 35.2 Å². The number of amides is 2. The van der Waals surface area contributed by atoms with Crippen molar-refractivity contribution in [3.05, 3.63) is 94.8 Å².